The zero-order chi connectivity index (χ0) is 26.5. The molecule has 36 heavy (non-hydrogen) atoms. The molecule has 0 fully saturated rings. The summed E-state index contributed by atoms with van der Waals surface area (Å²) in [7, 11) is -0.923. The van der Waals surface area contributed by atoms with Crippen molar-refractivity contribution in [2.24, 2.45) is 0 Å². The second kappa shape index (κ2) is 12.0. The zero-order valence-corrected chi connectivity index (χ0v) is 22.7. The van der Waals surface area contributed by atoms with Gasteiger partial charge in [-0.3, -0.25) is 4.79 Å². The van der Waals surface area contributed by atoms with Crippen LogP contribution in [0.25, 0.3) is 0 Å². The highest BCUT2D eigenvalue weighted by atomic mass is 35.5. The van der Waals surface area contributed by atoms with Gasteiger partial charge < -0.3 is 14.8 Å². The van der Waals surface area contributed by atoms with Gasteiger partial charge in [0.2, 0.25) is 15.9 Å². The molecule has 0 aromatic heterocycles. The second-order valence-electron chi connectivity index (χ2n) is 8.24. The molecular weight excluding hydrogens is 523 g/mol. The summed E-state index contributed by atoms with van der Waals surface area (Å²) >= 11 is 12.1. The molecular formula is C26H28Cl2N2O5S. The molecule has 0 saturated carbocycles. The van der Waals surface area contributed by atoms with Crippen LogP contribution >= 0.6 is 23.2 Å². The van der Waals surface area contributed by atoms with Gasteiger partial charge in [-0.1, -0.05) is 53.0 Å². The molecule has 3 aromatic carbocycles. The van der Waals surface area contributed by atoms with Crippen molar-refractivity contribution in [2.45, 2.75) is 31.3 Å². The highest BCUT2D eigenvalue weighted by Gasteiger charge is 2.28. The Labute approximate surface area is 222 Å². The number of ether oxygens (including phenoxy) is 2. The molecule has 3 aromatic rings. The monoisotopic (exact) mass is 550 g/mol. The zero-order valence-electron chi connectivity index (χ0n) is 20.4. The van der Waals surface area contributed by atoms with E-state index in [1.807, 2.05) is 13.0 Å². The van der Waals surface area contributed by atoms with Gasteiger partial charge in [0.15, 0.2) is 11.5 Å². The lowest BCUT2D eigenvalue weighted by Gasteiger charge is -2.24. The number of rotatable bonds is 10. The number of carbonyl (C=O) groups is 1. The Morgan fingerprint density at radius 1 is 0.944 bits per heavy atom. The minimum atomic E-state index is -3.99. The Morgan fingerprint density at radius 2 is 1.61 bits per heavy atom. The van der Waals surface area contributed by atoms with Crippen LogP contribution in [0.4, 0.5) is 0 Å². The summed E-state index contributed by atoms with van der Waals surface area (Å²) in [5, 5.41) is 3.52. The van der Waals surface area contributed by atoms with Gasteiger partial charge in [0.1, 0.15) is 0 Å². The quantitative estimate of drug-likeness (QED) is 0.366. The van der Waals surface area contributed by atoms with Crippen molar-refractivity contribution in [3.8, 4) is 11.5 Å². The minimum Gasteiger partial charge on any atom is -0.493 e. The van der Waals surface area contributed by atoms with Crippen LogP contribution in [0, 0.1) is 6.92 Å². The van der Waals surface area contributed by atoms with Crippen LogP contribution in [0.15, 0.2) is 65.6 Å². The van der Waals surface area contributed by atoms with E-state index >= 15 is 0 Å². The molecule has 7 nitrogen and oxygen atoms in total. The summed E-state index contributed by atoms with van der Waals surface area (Å²) in [5.41, 5.74) is 2.30. The average molecular weight is 551 g/mol. The van der Waals surface area contributed by atoms with E-state index in [0.717, 1.165) is 15.4 Å². The maximum atomic E-state index is 13.5. The number of nitrogens with one attached hydrogen (secondary N) is 1. The Morgan fingerprint density at radius 3 is 2.22 bits per heavy atom. The van der Waals surface area contributed by atoms with E-state index in [-0.39, 0.29) is 11.4 Å². The summed E-state index contributed by atoms with van der Waals surface area (Å²) in [5.74, 6) is 0.629. The van der Waals surface area contributed by atoms with Crippen LogP contribution in [0.3, 0.4) is 0 Å². The van der Waals surface area contributed by atoms with Crippen LogP contribution in [0.1, 0.15) is 29.7 Å². The van der Waals surface area contributed by atoms with E-state index in [0.29, 0.717) is 27.1 Å². The molecule has 10 heteroatoms. The third-order valence-corrected chi connectivity index (χ3v) is 8.15. The summed E-state index contributed by atoms with van der Waals surface area (Å²) in [4.78, 5) is 13.1. The highest BCUT2D eigenvalue weighted by Crippen LogP contribution is 2.30. The minimum absolute atomic E-state index is 0.0642. The van der Waals surface area contributed by atoms with E-state index in [4.69, 9.17) is 32.7 Å². The van der Waals surface area contributed by atoms with Gasteiger partial charge in [-0.15, -0.1) is 0 Å². The van der Waals surface area contributed by atoms with Crippen molar-refractivity contribution >= 4 is 39.1 Å². The van der Waals surface area contributed by atoms with Crippen LogP contribution in [-0.2, 0) is 21.4 Å². The summed E-state index contributed by atoms with van der Waals surface area (Å²) in [6, 6.07) is 16.2. The fraction of sp³-hybridized carbons (Fsp3) is 0.269. The number of hydrogen-bond acceptors (Lipinski definition) is 5. The van der Waals surface area contributed by atoms with Crippen LogP contribution in [0.2, 0.25) is 10.0 Å². The normalized spacial score (nSPS) is 12.3. The Balaban J connectivity index is 1.85. The molecule has 0 bridgehead atoms. The molecule has 0 aliphatic heterocycles. The number of carbonyl (C=O) groups excluding carboxylic acids is 1. The van der Waals surface area contributed by atoms with Crippen molar-refractivity contribution in [3.63, 3.8) is 0 Å². The molecule has 0 aliphatic rings. The third kappa shape index (κ3) is 6.70. The van der Waals surface area contributed by atoms with Crippen LogP contribution in [0.5, 0.6) is 11.5 Å². The summed E-state index contributed by atoms with van der Waals surface area (Å²) in [6.07, 6.45) is 0. The predicted molar refractivity (Wildman–Crippen MR) is 141 cm³/mol. The van der Waals surface area contributed by atoms with Gasteiger partial charge in [0.25, 0.3) is 0 Å². The predicted octanol–water partition coefficient (Wildman–Crippen LogP) is 5.39. The number of methoxy groups -OCH3 is 2. The first kappa shape index (κ1) is 27.8. The molecule has 1 atom stereocenters. The molecule has 3 rings (SSSR count). The van der Waals surface area contributed by atoms with Crippen molar-refractivity contribution in [3.05, 3.63) is 87.4 Å². The Kier molecular flexibility index (Phi) is 9.24. The SMILES string of the molecule is COc1ccc([C@H](C)NC(=O)CN(Cc2ccc(Cl)c(Cl)c2)S(=O)(=O)c2ccc(C)cc2)cc1OC. The number of halogens is 2. The van der Waals surface area contributed by atoms with Gasteiger partial charge in [-0.2, -0.15) is 4.31 Å². The number of hydrogen-bond donors (Lipinski definition) is 1. The van der Waals surface area contributed by atoms with Gasteiger partial charge >= 0.3 is 0 Å². The van der Waals surface area contributed by atoms with E-state index in [2.05, 4.69) is 5.32 Å². The molecule has 0 radical (unpaired) electrons. The largest absolute Gasteiger partial charge is 0.493 e. The molecule has 0 saturated heterocycles. The van der Waals surface area contributed by atoms with Crippen molar-refractivity contribution < 1.29 is 22.7 Å². The van der Waals surface area contributed by atoms with Gasteiger partial charge in [-0.05, 0) is 61.4 Å². The van der Waals surface area contributed by atoms with Gasteiger partial charge in [-0.25, -0.2) is 8.42 Å². The van der Waals surface area contributed by atoms with Gasteiger partial charge in [0.05, 0.1) is 41.7 Å². The highest BCUT2D eigenvalue weighted by molar-refractivity contribution is 7.89. The smallest absolute Gasteiger partial charge is 0.243 e. The topological polar surface area (TPSA) is 84.9 Å². The molecule has 1 amide bonds. The molecule has 0 aliphatic carbocycles. The lowest BCUT2D eigenvalue weighted by molar-refractivity contribution is -0.122. The van der Waals surface area contributed by atoms with Crippen LogP contribution in [-0.4, -0.2) is 39.4 Å². The van der Waals surface area contributed by atoms with E-state index in [9.17, 15) is 13.2 Å². The third-order valence-electron chi connectivity index (χ3n) is 5.61. The maximum Gasteiger partial charge on any atom is 0.243 e. The standard InChI is InChI=1S/C26H28Cl2N2O5S/c1-17-5-9-21(10-6-17)36(32,33)30(15-19-7-11-22(27)23(28)13-19)16-26(31)29-18(2)20-8-12-24(34-3)25(14-20)35-4/h5-14,18H,15-16H2,1-4H3,(H,29,31)/t18-/m0/s1. The Bertz CT molecular complexity index is 1330. The first-order valence-corrected chi connectivity index (χ1v) is 13.3. The van der Waals surface area contributed by atoms with E-state index < -0.39 is 28.5 Å². The van der Waals surface area contributed by atoms with Crippen molar-refractivity contribution in [1.29, 1.82) is 0 Å². The molecule has 192 valence electrons. The first-order chi connectivity index (χ1) is 17.0. The fourth-order valence-electron chi connectivity index (χ4n) is 3.58. The fourth-order valence-corrected chi connectivity index (χ4v) is 5.28. The van der Waals surface area contributed by atoms with Crippen molar-refractivity contribution in [1.82, 2.24) is 9.62 Å². The summed E-state index contributed by atoms with van der Waals surface area (Å²) in [6.45, 7) is 3.21. The number of nitrogens with zero attached hydrogens (tertiary/aromatic N) is 1. The van der Waals surface area contributed by atoms with Gasteiger partial charge in [0, 0.05) is 6.54 Å². The van der Waals surface area contributed by atoms with E-state index in [1.165, 1.54) is 19.2 Å². The molecule has 0 heterocycles. The molecule has 0 spiro atoms. The lowest BCUT2D eigenvalue weighted by atomic mass is 10.1. The number of aryl methyl sites for hydroxylation is 1. The number of sulfonamides is 1. The lowest BCUT2D eigenvalue weighted by Crippen LogP contribution is -2.41. The molecule has 0 unspecified atom stereocenters. The summed E-state index contributed by atoms with van der Waals surface area (Å²) < 4.78 is 38.7. The maximum absolute atomic E-state index is 13.5. The Hall–Kier alpha value is -2.78. The van der Waals surface area contributed by atoms with E-state index in [1.54, 1.807) is 56.5 Å². The van der Waals surface area contributed by atoms with Crippen molar-refractivity contribution in [2.75, 3.05) is 20.8 Å². The number of benzene rings is 3. The first-order valence-electron chi connectivity index (χ1n) is 11.1. The number of amides is 1. The molecule has 1 N–H and O–H groups in total. The average Bonchev–Trinajstić information content (AvgIpc) is 2.85. The second-order valence-corrected chi connectivity index (χ2v) is 11.0. The van der Waals surface area contributed by atoms with Crippen LogP contribution < -0.4 is 14.8 Å².